The summed E-state index contributed by atoms with van der Waals surface area (Å²) in [5, 5.41) is 7.71. The highest BCUT2D eigenvalue weighted by molar-refractivity contribution is 6.30. The lowest BCUT2D eigenvalue weighted by Crippen LogP contribution is -2.48. The van der Waals surface area contributed by atoms with Crippen LogP contribution in [0, 0.1) is 16.7 Å². The average Bonchev–Trinajstić information content (AvgIpc) is 3.38. The molecule has 26 heavy (non-hydrogen) atoms. The molecule has 2 heterocycles. The number of nitrogens with one attached hydrogen (secondary N) is 2. The molecule has 0 saturated heterocycles. The highest BCUT2D eigenvalue weighted by atomic mass is 35.5. The highest BCUT2D eigenvalue weighted by Crippen LogP contribution is 2.39. The van der Waals surface area contributed by atoms with E-state index in [2.05, 4.69) is 61.3 Å². The van der Waals surface area contributed by atoms with Crippen molar-refractivity contribution in [3.8, 4) is 0 Å². The first kappa shape index (κ1) is 19.3. The van der Waals surface area contributed by atoms with Gasteiger partial charge in [0.25, 0.3) is 6.02 Å². The second kappa shape index (κ2) is 6.91. The summed E-state index contributed by atoms with van der Waals surface area (Å²) >= 11 is 6.53. The monoisotopic (exact) mass is 378 g/mol. The zero-order valence-electron chi connectivity index (χ0n) is 16.7. The molecule has 2 unspecified atom stereocenters. The van der Waals surface area contributed by atoms with Gasteiger partial charge in [0.05, 0.1) is 24.2 Å². The molecule has 3 rings (SSSR count). The van der Waals surface area contributed by atoms with Crippen LogP contribution in [0.3, 0.4) is 0 Å². The van der Waals surface area contributed by atoms with Crippen molar-refractivity contribution in [2.24, 2.45) is 26.7 Å². The van der Waals surface area contributed by atoms with E-state index in [4.69, 9.17) is 16.3 Å². The number of allylic oxidation sites excluding steroid dienone is 1. The van der Waals surface area contributed by atoms with Gasteiger partial charge in [-0.3, -0.25) is 0 Å². The molecule has 2 aliphatic heterocycles. The van der Waals surface area contributed by atoms with Gasteiger partial charge in [0.15, 0.2) is 0 Å². The van der Waals surface area contributed by atoms with Crippen LogP contribution in [0.4, 0.5) is 0 Å². The number of ether oxygens (including phenoxy) is 1. The van der Waals surface area contributed by atoms with Crippen molar-refractivity contribution in [1.82, 2.24) is 10.6 Å². The molecule has 2 atom stereocenters. The molecule has 1 aliphatic carbocycles. The molecule has 6 heteroatoms. The van der Waals surface area contributed by atoms with Gasteiger partial charge in [-0.15, -0.1) is 0 Å². The quantitative estimate of drug-likeness (QED) is 0.771. The predicted octanol–water partition coefficient (Wildman–Crippen LogP) is 4.17. The number of halogens is 1. The molecule has 1 fully saturated rings. The molecule has 0 bridgehead atoms. The Morgan fingerprint density at radius 1 is 1.19 bits per heavy atom. The smallest absolute Gasteiger partial charge is 0.289 e. The minimum atomic E-state index is -0.113. The lowest BCUT2D eigenvalue weighted by molar-refractivity contribution is 0.279. The Bertz CT molecular complexity index is 680. The van der Waals surface area contributed by atoms with E-state index in [0.29, 0.717) is 11.9 Å². The summed E-state index contributed by atoms with van der Waals surface area (Å²) in [5.74, 6) is 1.66. The summed E-state index contributed by atoms with van der Waals surface area (Å²) in [5.41, 5.74) is 0.992. The largest absolute Gasteiger partial charge is 0.468 e. The molecular formula is C20H31ClN4O. The van der Waals surface area contributed by atoms with Crippen LogP contribution in [0.5, 0.6) is 0 Å². The van der Waals surface area contributed by atoms with Crippen molar-refractivity contribution in [2.75, 3.05) is 7.11 Å². The van der Waals surface area contributed by atoms with Gasteiger partial charge in [-0.05, 0) is 36.2 Å². The fourth-order valence-electron chi connectivity index (χ4n) is 3.41. The van der Waals surface area contributed by atoms with E-state index >= 15 is 0 Å². The zero-order chi connectivity index (χ0) is 19.1. The van der Waals surface area contributed by atoms with Crippen LogP contribution in [0.25, 0.3) is 0 Å². The van der Waals surface area contributed by atoms with E-state index < -0.39 is 0 Å². The van der Waals surface area contributed by atoms with Gasteiger partial charge in [-0.2, -0.15) is 0 Å². The highest BCUT2D eigenvalue weighted by Gasteiger charge is 2.39. The fourth-order valence-corrected chi connectivity index (χ4v) is 3.81. The fraction of sp³-hybridized carbons (Fsp3) is 0.700. The topological polar surface area (TPSA) is 58.0 Å². The number of amidine groups is 2. The first-order chi connectivity index (χ1) is 12.1. The van der Waals surface area contributed by atoms with Crippen LogP contribution >= 0.6 is 11.6 Å². The van der Waals surface area contributed by atoms with Crippen molar-refractivity contribution in [2.45, 2.75) is 66.0 Å². The van der Waals surface area contributed by atoms with Crippen LogP contribution in [0.2, 0.25) is 0 Å². The maximum absolute atomic E-state index is 6.53. The van der Waals surface area contributed by atoms with Crippen LogP contribution in [-0.4, -0.2) is 31.1 Å². The van der Waals surface area contributed by atoms with Crippen molar-refractivity contribution in [3.05, 3.63) is 23.0 Å². The molecule has 1 saturated carbocycles. The van der Waals surface area contributed by atoms with Crippen molar-refractivity contribution >= 4 is 23.5 Å². The maximum atomic E-state index is 6.53. The van der Waals surface area contributed by atoms with E-state index in [-0.39, 0.29) is 22.9 Å². The summed E-state index contributed by atoms with van der Waals surface area (Å²) in [6.45, 7) is 11.1. The Morgan fingerprint density at radius 2 is 1.88 bits per heavy atom. The molecule has 2 N–H and O–H groups in total. The molecule has 0 amide bonds. The molecule has 0 spiro atoms. The normalized spacial score (nSPS) is 26.7. The lowest BCUT2D eigenvalue weighted by Gasteiger charge is -2.39. The molecule has 0 aromatic rings. The summed E-state index contributed by atoms with van der Waals surface area (Å²) < 4.78 is 5.41. The van der Waals surface area contributed by atoms with E-state index in [1.165, 1.54) is 12.8 Å². The third-order valence-corrected chi connectivity index (χ3v) is 5.60. The molecule has 144 valence electrons. The zero-order valence-corrected chi connectivity index (χ0v) is 17.4. The van der Waals surface area contributed by atoms with Gasteiger partial charge >= 0.3 is 0 Å². The number of hydrogen-bond donors (Lipinski definition) is 2. The second-order valence-corrected chi connectivity index (χ2v) is 9.75. The lowest BCUT2D eigenvalue weighted by atomic mass is 9.78. The van der Waals surface area contributed by atoms with Crippen molar-refractivity contribution in [1.29, 1.82) is 0 Å². The Balaban J connectivity index is 1.79. The number of methoxy groups -OCH3 is 1. The molecular weight excluding hydrogens is 348 g/mol. The minimum absolute atomic E-state index is 0.0438. The van der Waals surface area contributed by atoms with E-state index in [9.17, 15) is 0 Å². The third-order valence-electron chi connectivity index (χ3n) is 5.29. The Hall–Kier alpha value is -1.49. The van der Waals surface area contributed by atoms with Crippen molar-refractivity contribution < 1.29 is 4.74 Å². The van der Waals surface area contributed by atoms with Crippen LogP contribution in [-0.2, 0) is 4.74 Å². The Kier molecular flexibility index (Phi) is 5.13. The second-order valence-electron chi connectivity index (χ2n) is 9.31. The SMILES string of the molecule is COC1=NC(CC(C)(C)C2NC(C3CC3)=NC=C2Cl)=CC(C(C)(C)C)N1. The summed E-state index contributed by atoms with van der Waals surface area (Å²) in [6, 6.07) is 0.800. The van der Waals surface area contributed by atoms with Gasteiger partial charge in [0.2, 0.25) is 0 Å². The Morgan fingerprint density at radius 3 is 2.46 bits per heavy atom. The minimum Gasteiger partial charge on any atom is -0.468 e. The van der Waals surface area contributed by atoms with Crippen LogP contribution in [0.15, 0.2) is 33.0 Å². The number of aliphatic imine (C=N–C) groups is 2. The number of hydrogen-bond acceptors (Lipinski definition) is 5. The number of nitrogens with zero attached hydrogens (tertiary/aromatic N) is 2. The van der Waals surface area contributed by atoms with Gasteiger partial charge < -0.3 is 15.4 Å². The van der Waals surface area contributed by atoms with E-state index in [1.807, 2.05) is 6.20 Å². The number of rotatable bonds is 4. The van der Waals surface area contributed by atoms with Crippen LogP contribution < -0.4 is 10.6 Å². The predicted molar refractivity (Wildman–Crippen MR) is 108 cm³/mol. The van der Waals surface area contributed by atoms with E-state index in [1.54, 1.807) is 7.11 Å². The molecule has 0 aromatic heterocycles. The molecule has 0 aromatic carbocycles. The van der Waals surface area contributed by atoms with Crippen molar-refractivity contribution in [3.63, 3.8) is 0 Å². The van der Waals surface area contributed by atoms with Gasteiger partial charge in [-0.25, -0.2) is 9.98 Å². The first-order valence-electron chi connectivity index (χ1n) is 9.40. The average molecular weight is 379 g/mol. The third kappa shape index (κ3) is 4.25. The summed E-state index contributed by atoms with van der Waals surface area (Å²) in [7, 11) is 1.65. The van der Waals surface area contributed by atoms with Gasteiger partial charge in [0.1, 0.15) is 5.84 Å². The van der Waals surface area contributed by atoms with Gasteiger partial charge in [0, 0.05) is 17.8 Å². The molecule has 3 aliphatic rings. The summed E-state index contributed by atoms with van der Waals surface area (Å²) in [4.78, 5) is 9.15. The Labute approximate surface area is 162 Å². The first-order valence-corrected chi connectivity index (χ1v) is 9.77. The molecule has 0 radical (unpaired) electrons. The van der Waals surface area contributed by atoms with Gasteiger partial charge in [-0.1, -0.05) is 46.2 Å². The standard InChI is InChI=1S/C20H31ClN4O/c1-19(2,3)15-9-13(23-18(24-15)26-6)10-20(4,5)16-14(21)11-22-17(25-16)12-7-8-12/h9,11-12,15-16H,7-8,10H2,1-6H3,(H,22,25)(H,23,24). The molecule has 5 nitrogen and oxygen atoms in total. The van der Waals surface area contributed by atoms with Crippen LogP contribution in [0.1, 0.15) is 53.9 Å². The summed E-state index contributed by atoms with van der Waals surface area (Å²) in [6.07, 6.45) is 7.27. The maximum Gasteiger partial charge on any atom is 0.289 e. The van der Waals surface area contributed by atoms with E-state index in [0.717, 1.165) is 23.0 Å².